The molecule has 1 amide bonds. The summed E-state index contributed by atoms with van der Waals surface area (Å²) in [5.41, 5.74) is 0.535. The van der Waals surface area contributed by atoms with Crippen LogP contribution in [0.2, 0.25) is 0 Å². The Morgan fingerprint density at radius 2 is 2.00 bits per heavy atom. The van der Waals surface area contributed by atoms with Gasteiger partial charge in [-0.1, -0.05) is 0 Å². The Hall–Kier alpha value is -1.62. The van der Waals surface area contributed by atoms with Crippen molar-refractivity contribution in [2.24, 2.45) is 0 Å². The second-order valence-corrected chi connectivity index (χ2v) is 2.68. The quantitative estimate of drug-likeness (QED) is 0.531. The predicted molar refractivity (Wildman–Crippen MR) is 50.9 cm³/mol. The second-order valence-electron chi connectivity index (χ2n) is 2.25. The number of benzene rings is 1. The van der Waals surface area contributed by atoms with Crippen molar-refractivity contribution in [3.8, 4) is 5.75 Å². The summed E-state index contributed by atoms with van der Waals surface area (Å²) < 4.78 is 9.94. The van der Waals surface area contributed by atoms with Crippen molar-refractivity contribution < 1.29 is 14.1 Å². The summed E-state index contributed by atoms with van der Waals surface area (Å²) in [5.74, 6) is -0.342. The fourth-order valence-corrected chi connectivity index (χ4v) is 0.907. The molecule has 0 saturated heterocycles. The first-order valence-electron chi connectivity index (χ1n) is 3.44. The lowest BCUT2D eigenvalue weighted by molar-refractivity contribution is -0.109. The summed E-state index contributed by atoms with van der Waals surface area (Å²) in [6, 6.07) is 5.97. The van der Waals surface area contributed by atoms with Crippen LogP contribution in [0.1, 0.15) is 0 Å². The molecule has 0 spiro atoms. The highest BCUT2D eigenvalue weighted by molar-refractivity contribution is 7.66. The van der Waals surface area contributed by atoms with Gasteiger partial charge in [-0.25, -0.2) is 4.21 Å². The highest BCUT2D eigenvalue weighted by atomic mass is 32.1. The summed E-state index contributed by atoms with van der Waals surface area (Å²) in [5, 5.41) is 12.3. The van der Waals surface area contributed by atoms with Crippen molar-refractivity contribution in [2.45, 2.75) is 0 Å². The van der Waals surface area contributed by atoms with Crippen LogP contribution in [0.4, 0.5) is 5.69 Å². The van der Waals surface area contributed by atoms with Gasteiger partial charge < -0.3 is 10.4 Å². The molecule has 1 aromatic rings. The summed E-state index contributed by atoms with van der Waals surface area (Å²) in [4.78, 5) is 10.8. The maximum absolute atomic E-state index is 10.8. The molecule has 0 aliphatic rings. The van der Waals surface area contributed by atoms with E-state index in [9.17, 15) is 9.00 Å². The Morgan fingerprint density at radius 3 is 2.54 bits per heavy atom. The van der Waals surface area contributed by atoms with Crippen molar-refractivity contribution >= 4 is 28.2 Å². The standard InChI is InChI=1S/C8H7NO3S/c10-7-3-1-6(2-4-7)9-8(11)5-13-12/h1-5,10H,(H,9,11). The third-order valence-corrected chi connectivity index (χ3v) is 1.60. The van der Waals surface area contributed by atoms with Gasteiger partial charge in [0.2, 0.25) is 0 Å². The van der Waals surface area contributed by atoms with E-state index in [1.165, 1.54) is 24.3 Å². The summed E-state index contributed by atoms with van der Waals surface area (Å²) in [6.45, 7) is 0. The van der Waals surface area contributed by atoms with E-state index in [-0.39, 0.29) is 17.0 Å². The summed E-state index contributed by atoms with van der Waals surface area (Å²) in [7, 11) is 0. The minimum Gasteiger partial charge on any atom is -0.508 e. The molecule has 0 atom stereocenters. The van der Waals surface area contributed by atoms with Crippen LogP contribution in [0.25, 0.3) is 0 Å². The molecule has 13 heavy (non-hydrogen) atoms. The van der Waals surface area contributed by atoms with Crippen LogP contribution in [0, 0.1) is 0 Å². The highest BCUT2D eigenvalue weighted by Gasteiger charge is 1.96. The van der Waals surface area contributed by atoms with Crippen molar-refractivity contribution in [3.63, 3.8) is 0 Å². The van der Waals surface area contributed by atoms with E-state index >= 15 is 0 Å². The maximum atomic E-state index is 10.8. The van der Waals surface area contributed by atoms with Crippen molar-refractivity contribution in [1.29, 1.82) is 0 Å². The van der Waals surface area contributed by atoms with E-state index in [1.807, 2.05) is 0 Å². The van der Waals surface area contributed by atoms with Crippen molar-refractivity contribution in [3.05, 3.63) is 24.3 Å². The third-order valence-electron chi connectivity index (χ3n) is 1.29. The fraction of sp³-hybridized carbons (Fsp3) is 0. The van der Waals surface area contributed by atoms with Gasteiger partial charge in [-0.3, -0.25) is 4.79 Å². The number of hydrogen-bond acceptors (Lipinski definition) is 3. The van der Waals surface area contributed by atoms with Gasteiger partial charge in [0.15, 0.2) is 0 Å². The molecular weight excluding hydrogens is 190 g/mol. The number of phenolic OH excluding ortho intramolecular Hbond substituents is 1. The number of hydrogen-bond donors (Lipinski definition) is 2. The molecule has 0 heterocycles. The van der Waals surface area contributed by atoms with E-state index in [2.05, 4.69) is 5.32 Å². The zero-order valence-electron chi connectivity index (χ0n) is 6.56. The third kappa shape index (κ3) is 3.08. The number of anilines is 1. The minimum atomic E-state index is -0.467. The first-order valence-corrected chi connectivity index (χ1v) is 4.24. The van der Waals surface area contributed by atoms with Crippen LogP contribution in [-0.2, 0) is 16.1 Å². The molecule has 1 aromatic carbocycles. The van der Waals surface area contributed by atoms with Crippen LogP contribution in [0.3, 0.4) is 0 Å². The molecule has 0 aromatic heterocycles. The summed E-state index contributed by atoms with van der Waals surface area (Å²) >= 11 is 0.0957. The Labute approximate surface area is 78.3 Å². The van der Waals surface area contributed by atoms with Crippen LogP contribution in [0.15, 0.2) is 24.3 Å². The number of nitrogens with one attached hydrogen (secondary N) is 1. The van der Waals surface area contributed by atoms with E-state index in [4.69, 9.17) is 5.11 Å². The second kappa shape index (κ2) is 4.42. The minimum absolute atomic E-state index is 0.0957. The molecular formula is C8H7NO3S. The van der Waals surface area contributed by atoms with Gasteiger partial charge in [-0.15, -0.1) is 0 Å². The average Bonchev–Trinajstić information content (AvgIpc) is 2.09. The number of carbonyl (C=O) groups is 1. The number of phenols is 1. The molecule has 0 radical (unpaired) electrons. The first kappa shape index (κ1) is 9.47. The Balaban J connectivity index is 2.69. The number of amides is 1. The Kier molecular flexibility index (Phi) is 3.22. The molecule has 68 valence electrons. The van der Waals surface area contributed by atoms with Gasteiger partial charge in [0.25, 0.3) is 5.91 Å². The molecule has 0 saturated carbocycles. The van der Waals surface area contributed by atoms with Gasteiger partial charge in [-0.05, 0) is 24.3 Å². The van der Waals surface area contributed by atoms with Crippen molar-refractivity contribution in [1.82, 2.24) is 0 Å². The van der Waals surface area contributed by atoms with E-state index < -0.39 is 5.91 Å². The van der Waals surface area contributed by atoms with Crippen LogP contribution in [0.5, 0.6) is 5.75 Å². The molecule has 4 nitrogen and oxygen atoms in total. The Bertz CT molecular complexity index is 354. The lowest BCUT2D eigenvalue weighted by Gasteiger charge is -1.99. The molecule has 0 aliphatic heterocycles. The van der Waals surface area contributed by atoms with Crippen molar-refractivity contribution in [2.75, 3.05) is 5.32 Å². The highest BCUT2D eigenvalue weighted by Crippen LogP contribution is 2.12. The predicted octanol–water partition coefficient (Wildman–Crippen LogP) is 0.346. The van der Waals surface area contributed by atoms with E-state index in [0.29, 0.717) is 5.69 Å². The molecule has 2 N–H and O–H groups in total. The lowest BCUT2D eigenvalue weighted by atomic mass is 10.3. The molecule has 5 heteroatoms. The van der Waals surface area contributed by atoms with Gasteiger partial charge in [0.05, 0.1) is 16.6 Å². The smallest absolute Gasteiger partial charge is 0.261 e. The van der Waals surface area contributed by atoms with Crippen LogP contribution >= 0.6 is 0 Å². The van der Waals surface area contributed by atoms with Crippen LogP contribution in [-0.4, -0.2) is 20.6 Å². The maximum Gasteiger partial charge on any atom is 0.261 e. The zero-order valence-corrected chi connectivity index (χ0v) is 7.38. The molecule has 0 bridgehead atoms. The topological polar surface area (TPSA) is 66.4 Å². The number of aromatic hydroxyl groups is 1. The van der Waals surface area contributed by atoms with Crippen LogP contribution < -0.4 is 5.32 Å². The monoisotopic (exact) mass is 197 g/mol. The number of rotatable bonds is 2. The number of carbonyl (C=O) groups excluding carboxylic acids is 1. The lowest BCUT2D eigenvalue weighted by Crippen LogP contribution is -2.11. The largest absolute Gasteiger partial charge is 0.508 e. The fourth-order valence-electron chi connectivity index (χ4n) is 0.760. The average molecular weight is 197 g/mol. The first-order chi connectivity index (χ1) is 6.22. The van der Waals surface area contributed by atoms with Gasteiger partial charge in [-0.2, -0.15) is 0 Å². The van der Waals surface area contributed by atoms with E-state index in [0.717, 1.165) is 5.37 Å². The SMILES string of the molecule is O=S=CC(=O)Nc1ccc(O)cc1. The Morgan fingerprint density at radius 1 is 1.38 bits per heavy atom. The van der Waals surface area contributed by atoms with Gasteiger partial charge in [0, 0.05) is 5.69 Å². The molecule has 0 fully saturated rings. The van der Waals surface area contributed by atoms with E-state index in [1.54, 1.807) is 0 Å². The molecule has 0 unspecified atom stereocenters. The van der Waals surface area contributed by atoms with Gasteiger partial charge >= 0.3 is 0 Å². The van der Waals surface area contributed by atoms with Gasteiger partial charge in [0.1, 0.15) is 5.75 Å². The summed E-state index contributed by atoms with van der Waals surface area (Å²) in [6.07, 6.45) is 0. The zero-order chi connectivity index (χ0) is 9.68. The molecule has 0 aliphatic carbocycles. The normalized spacial score (nSPS) is 8.92. The molecule has 1 rings (SSSR count).